The van der Waals surface area contributed by atoms with Crippen molar-refractivity contribution in [2.75, 3.05) is 5.43 Å². The van der Waals surface area contributed by atoms with Crippen LogP contribution in [0, 0.1) is 13.7 Å². The molecule has 33 heavy (non-hydrogen) atoms. The van der Waals surface area contributed by atoms with E-state index >= 15 is 0 Å². The van der Waals surface area contributed by atoms with E-state index in [-0.39, 0.29) is 28.1 Å². The molecule has 3 aromatic rings. The zero-order valence-electron chi connectivity index (χ0n) is 16.4. The second-order valence-electron chi connectivity index (χ2n) is 6.59. The number of alkyl halides is 3. The summed E-state index contributed by atoms with van der Waals surface area (Å²) in [6, 6.07) is 12.8. The number of rotatable bonds is 7. The van der Waals surface area contributed by atoms with Crippen molar-refractivity contribution >= 4 is 63.4 Å². The first-order valence-corrected chi connectivity index (χ1v) is 10.9. The summed E-state index contributed by atoms with van der Waals surface area (Å²) in [7, 11) is 0. The van der Waals surface area contributed by atoms with Gasteiger partial charge in [0.2, 0.25) is 0 Å². The number of nitrogens with one attached hydrogen (secondary N) is 1. The highest BCUT2D eigenvalue weighted by Crippen LogP contribution is 2.36. The lowest BCUT2D eigenvalue weighted by molar-refractivity contribution is -0.384. The van der Waals surface area contributed by atoms with Gasteiger partial charge < -0.3 is 4.74 Å². The Morgan fingerprint density at radius 1 is 1.09 bits per heavy atom. The maximum absolute atomic E-state index is 12.8. The van der Waals surface area contributed by atoms with Crippen LogP contribution in [-0.4, -0.2) is 11.1 Å². The SMILES string of the molecule is O=[N+]([O-])c1cc(C(F)(F)F)ccc1N/N=C\c1cc(Cl)c(OCc2ccc(I)cc2)c(Cl)c1. The first kappa shape index (κ1) is 25.1. The van der Waals surface area contributed by atoms with Crippen molar-refractivity contribution in [3.63, 3.8) is 0 Å². The van der Waals surface area contributed by atoms with Crippen molar-refractivity contribution in [1.29, 1.82) is 0 Å². The van der Waals surface area contributed by atoms with Crippen LogP contribution in [-0.2, 0) is 12.8 Å². The van der Waals surface area contributed by atoms with Crippen LogP contribution >= 0.6 is 45.8 Å². The number of nitro benzene ring substituents is 1. The Bertz CT molecular complexity index is 1180. The fourth-order valence-electron chi connectivity index (χ4n) is 2.66. The molecule has 0 aliphatic heterocycles. The number of benzene rings is 3. The van der Waals surface area contributed by atoms with E-state index in [4.69, 9.17) is 27.9 Å². The Balaban J connectivity index is 1.73. The Kier molecular flexibility index (Phi) is 8.03. The number of hydrazone groups is 1. The summed E-state index contributed by atoms with van der Waals surface area (Å²) < 4.78 is 45.2. The lowest BCUT2D eigenvalue weighted by Gasteiger charge is -2.11. The van der Waals surface area contributed by atoms with Gasteiger partial charge in [0.05, 0.1) is 26.7 Å². The minimum atomic E-state index is -4.71. The zero-order chi connectivity index (χ0) is 24.2. The van der Waals surface area contributed by atoms with E-state index in [0.29, 0.717) is 11.6 Å². The molecule has 0 bridgehead atoms. The van der Waals surface area contributed by atoms with Gasteiger partial charge in [-0.15, -0.1) is 0 Å². The van der Waals surface area contributed by atoms with Crippen molar-refractivity contribution in [2.45, 2.75) is 12.8 Å². The van der Waals surface area contributed by atoms with Crippen LogP contribution in [0.1, 0.15) is 16.7 Å². The Morgan fingerprint density at radius 3 is 2.30 bits per heavy atom. The van der Waals surface area contributed by atoms with E-state index in [1.807, 2.05) is 24.3 Å². The molecule has 6 nitrogen and oxygen atoms in total. The molecule has 0 heterocycles. The second kappa shape index (κ2) is 10.6. The molecule has 0 saturated carbocycles. The third-order valence-corrected chi connectivity index (χ3v) is 5.52. The van der Waals surface area contributed by atoms with E-state index in [1.165, 1.54) is 18.3 Å². The van der Waals surface area contributed by atoms with Crippen LogP contribution in [0.5, 0.6) is 5.75 Å². The van der Waals surface area contributed by atoms with E-state index in [9.17, 15) is 23.3 Å². The smallest absolute Gasteiger partial charge is 0.416 e. The molecule has 0 radical (unpaired) electrons. The third-order valence-electron chi connectivity index (χ3n) is 4.24. The maximum atomic E-state index is 12.8. The summed E-state index contributed by atoms with van der Waals surface area (Å²) in [5.41, 5.74) is 1.62. The molecular formula is C21H13Cl2F3IN3O3. The molecule has 0 atom stereocenters. The highest BCUT2D eigenvalue weighted by molar-refractivity contribution is 14.1. The monoisotopic (exact) mass is 609 g/mol. The molecule has 0 aliphatic carbocycles. The average molecular weight is 610 g/mol. The minimum absolute atomic E-state index is 0.209. The highest BCUT2D eigenvalue weighted by Gasteiger charge is 2.33. The van der Waals surface area contributed by atoms with Crippen molar-refractivity contribution in [3.8, 4) is 5.75 Å². The summed E-state index contributed by atoms with van der Waals surface area (Å²) in [6.07, 6.45) is -3.44. The van der Waals surface area contributed by atoms with E-state index < -0.39 is 22.4 Å². The summed E-state index contributed by atoms with van der Waals surface area (Å²) in [4.78, 5) is 10.2. The van der Waals surface area contributed by atoms with Gasteiger partial charge in [-0.3, -0.25) is 15.5 Å². The number of hydrogen-bond donors (Lipinski definition) is 1. The number of hydrogen-bond acceptors (Lipinski definition) is 5. The Labute approximate surface area is 209 Å². The molecule has 0 saturated heterocycles. The number of nitrogens with zero attached hydrogens (tertiary/aromatic N) is 2. The molecule has 0 aliphatic rings. The molecule has 172 valence electrons. The second-order valence-corrected chi connectivity index (χ2v) is 8.65. The van der Waals surface area contributed by atoms with Gasteiger partial charge in [0.15, 0.2) is 5.75 Å². The predicted molar refractivity (Wildman–Crippen MR) is 129 cm³/mol. The van der Waals surface area contributed by atoms with E-state index in [1.54, 1.807) is 0 Å². The number of ether oxygens (including phenoxy) is 1. The summed E-state index contributed by atoms with van der Waals surface area (Å²) >= 11 is 14.7. The van der Waals surface area contributed by atoms with Crippen LogP contribution in [0.2, 0.25) is 10.0 Å². The van der Waals surface area contributed by atoms with E-state index in [0.717, 1.165) is 21.3 Å². The minimum Gasteiger partial charge on any atom is -0.486 e. The predicted octanol–water partition coefficient (Wildman–Crippen LogP) is 7.55. The number of halogens is 6. The third kappa shape index (κ3) is 6.71. The summed E-state index contributed by atoms with van der Waals surface area (Å²) in [6.45, 7) is 0.253. The normalized spacial score (nSPS) is 11.6. The van der Waals surface area contributed by atoms with Gasteiger partial charge in [-0.1, -0.05) is 35.3 Å². The molecule has 0 unspecified atom stereocenters. The molecule has 3 rings (SSSR count). The fraction of sp³-hybridized carbons (Fsp3) is 0.0952. The first-order valence-electron chi connectivity index (χ1n) is 9.05. The molecule has 1 N–H and O–H groups in total. The highest BCUT2D eigenvalue weighted by atomic mass is 127. The Hall–Kier alpha value is -2.57. The van der Waals surface area contributed by atoms with Crippen LogP contribution in [0.3, 0.4) is 0 Å². The van der Waals surface area contributed by atoms with Gasteiger partial charge in [0.25, 0.3) is 5.69 Å². The molecule has 0 amide bonds. The van der Waals surface area contributed by atoms with Gasteiger partial charge >= 0.3 is 6.18 Å². The van der Waals surface area contributed by atoms with Crippen molar-refractivity contribution in [3.05, 3.63) is 95.0 Å². The standard InChI is InChI=1S/C21H13Cl2F3IN3O3/c22-16-7-13(8-17(23)20(16)33-11-12-1-4-15(27)5-2-12)10-28-29-18-6-3-14(21(24,25)26)9-19(18)30(31)32/h1-10,29H,11H2/b28-10-. The van der Waals surface area contributed by atoms with Gasteiger partial charge in [-0.25, -0.2) is 0 Å². The van der Waals surface area contributed by atoms with Crippen molar-refractivity contribution < 1.29 is 22.8 Å². The molecule has 0 spiro atoms. The summed E-state index contributed by atoms with van der Waals surface area (Å²) in [5.74, 6) is 0.278. The van der Waals surface area contributed by atoms with E-state index in [2.05, 4.69) is 33.1 Å². The quantitative estimate of drug-likeness (QED) is 0.130. The molecular weight excluding hydrogens is 597 g/mol. The van der Waals surface area contributed by atoms with Crippen LogP contribution in [0.4, 0.5) is 24.5 Å². The molecule has 3 aromatic carbocycles. The van der Waals surface area contributed by atoms with Crippen LogP contribution in [0.25, 0.3) is 0 Å². The number of nitro groups is 1. The molecule has 12 heteroatoms. The van der Waals surface area contributed by atoms with Crippen molar-refractivity contribution in [1.82, 2.24) is 0 Å². The fourth-order valence-corrected chi connectivity index (χ4v) is 3.63. The van der Waals surface area contributed by atoms with Crippen molar-refractivity contribution in [2.24, 2.45) is 5.10 Å². The first-order chi connectivity index (χ1) is 15.5. The van der Waals surface area contributed by atoms with Gasteiger partial charge in [0, 0.05) is 9.64 Å². The van der Waals surface area contributed by atoms with Crippen LogP contribution in [0.15, 0.2) is 59.7 Å². The van der Waals surface area contributed by atoms with Gasteiger partial charge in [0.1, 0.15) is 12.3 Å². The lowest BCUT2D eigenvalue weighted by atomic mass is 10.1. The zero-order valence-corrected chi connectivity index (χ0v) is 20.0. The summed E-state index contributed by atoms with van der Waals surface area (Å²) in [5, 5.41) is 15.4. The lowest BCUT2D eigenvalue weighted by Crippen LogP contribution is -2.06. The number of anilines is 1. The van der Waals surface area contributed by atoms with Gasteiger partial charge in [-0.2, -0.15) is 18.3 Å². The maximum Gasteiger partial charge on any atom is 0.416 e. The average Bonchev–Trinajstić information content (AvgIpc) is 2.73. The topological polar surface area (TPSA) is 76.8 Å². The van der Waals surface area contributed by atoms with Crippen LogP contribution < -0.4 is 10.2 Å². The Morgan fingerprint density at radius 2 is 1.73 bits per heavy atom. The largest absolute Gasteiger partial charge is 0.486 e. The molecule has 0 aromatic heterocycles. The molecule has 0 fully saturated rings. The van der Waals surface area contributed by atoms with Gasteiger partial charge in [-0.05, 0) is 70.1 Å².